The van der Waals surface area contributed by atoms with Crippen LogP contribution in [-0.4, -0.2) is 30.2 Å². The first kappa shape index (κ1) is 21.3. The van der Waals surface area contributed by atoms with Crippen LogP contribution >= 0.6 is 11.3 Å². The van der Waals surface area contributed by atoms with E-state index in [0.717, 1.165) is 16.1 Å². The lowest BCUT2D eigenvalue weighted by molar-refractivity contribution is -0.141. The zero-order chi connectivity index (χ0) is 21.2. The van der Waals surface area contributed by atoms with E-state index in [0.29, 0.717) is 11.4 Å². The first-order valence-electron chi connectivity index (χ1n) is 9.41. The molecule has 156 valence electrons. The van der Waals surface area contributed by atoms with Crippen LogP contribution in [0.4, 0.5) is 9.80 Å². The van der Waals surface area contributed by atoms with Crippen LogP contribution in [0.5, 0.6) is 0 Å². The number of nitrogens with zero attached hydrogens (tertiary/aromatic N) is 1. The quantitative estimate of drug-likeness (QED) is 0.508. The van der Waals surface area contributed by atoms with Gasteiger partial charge in [0.2, 0.25) is 0 Å². The molecule has 0 aliphatic heterocycles. The molecule has 1 unspecified atom stereocenters. The van der Waals surface area contributed by atoms with E-state index in [-0.39, 0.29) is 19.1 Å². The number of ether oxygens (including phenoxy) is 2. The highest BCUT2D eigenvalue weighted by molar-refractivity contribution is 7.15. The number of amides is 1. The maximum atomic E-state index is 12.2. The Balaban J connectivity index is 1.50. The largest absolute Gasteiger partial charge is 0.467 e. The summed E-state index contributed by atoms with van der Waals surface area (Å²) in [6, 6.07) is 18.6. The van der Waals surface area contributed by atoms with Crippen LogP contribution in [-0.2, 0) is 33.8 Å². The number of thiazole rings is 1. The maximum absolute atomic E-state index is 12.2. The van der Waals surface area contributed by atoms with Crippen molar-refractivity contribution in [1.82, 2.24) is 10.3 Å². The Kier molecular flexibility index (Phi) is 7.79. The topological polar surface area (TPSA) is 89.5 Å². The average molecular weight is 426 g/mol. The van der Waals surface area contributed by atoms with Gasteiger partial charge in [-0.15, -0.1) is 0 Å². The zero-order valence-corrected chi connectivity index (χ0v) is 17.4. The van der Waals surface area contributed by atoms with Gasteiger partial charge in [-0.2, -0.15) is 0 Å². The third kappa shape index (κ3) is 6.59. The van der Waals surface area contributed by atoms with Gasteiger partial charge in [0.1, 0.15) is 22.7 Å². The Bertz CT molecular complexity index is 947. The number of carbonyl (C=O) groups is 2. The minimum Gasteiger partial charge on any atom is -0.467 e. The Morgan fingerprint density at radius 1 is 1.03 bits per heavy atom. The second kappa shape index (κ2) is 11.0. The van der Waals surface area contributed by atoms with Crippen molar-refractivity contribution in [2.24, 2.45) is 0 Å². The van der Waals surface area contributed by atoms with Gasteiger partial charge in [0.15, 0.2) is 0 Å². The lowest BCUT2D eigenvalue weighted by atomic mass is 10.1. The van der Waals surface area contributed by atoms with Crippen molar-refractivity contribution in [3.05, 3.63) is 83.0 Å². The van der Waals surface area contributed by atoms with Crippen molar-refractivity contribution >= 4 is 28.4 Å². The molecule has 2 N–H and O–H groups in total. The Morgan fingerprint density at radius 2 is 1.70 bits per heavy atom. The Labute approximate surface area is 179 Å². The van der Waals surface area contributed by atoms with Gasteiger partial charge in [0.25, 0.3) is 0 Å². The van der Waals surface area contributed by atoms with E-state index in [1.54, 1.807) is 6.20 Å². The number of hydrogen-bond acceptors (Lipinski definition) is 7. The van der Waals surface area contributed by atoms with Crippen LogP contribution in [0.25, 0.3) is 0 Å². The molecular weight excluding hydrogens is 402 g/mol. The third-order valence-corrected chi connectivity index (χ3v) is 5.16. The molecule has 0 radical (unpaired) electrons. The summed E-state index contributed by atoms with van der Waals surface area (Å²) >= 11 is 1.36. The van der Waals surface area contributed by atoms with Crippen LogP contribution in [0, 0.1) is 0 Å². The van der Waals surface area contributed by atoms with Gasteiger partial charge >= 0.3 is 12.1 Å². The van der Waals surface area contributed by atoms with Gasteiger partial charge in [0, 0.05) is 6.42 Å². The number of esters is 1. The minimum absolute atomic E-state index is 0.206. The van der Waals surface area contributed by atoms with Crippen LogP contribution < -0.4 is 10.6 Å². The number of carbonyl (C=O) groups excluding carboxylic acids is 2. The van der Waals surface area contributed by atoms with Crippen molar-refractivity contribution in [2.75, 3.05) is 12.4 Å². The molecule has 1 amide bonds. The van der Waals surface area contributed by atoms with Gasteiger partial charge in [-0.1, -0.05) is 72.0 Å². The van der Waals surface area contributed by atoms with E-state index >= 15 is 0 Å². The van der Waals surface area contributed by atoms with Gasteiger partial charge < -0.3 is 20.1 Å². The number of benzene rings is 2. The van der Waals surface area contributed by atoms with E-state index < -0.39 is 12.1 Å². The smallest absolute Gasteiger partial charge is 0.407 e. The highest BCUT2D eigenvalue weighted by Crippen LogP contribution is 2.21. The summed E-state index contributed by atoms with van der Waals surface area (Å²) in [6.45, 7) is 0.444. The molecule has 0 bridgehead atoms. The number of anilines is 1. The van der Waals surface area contributed by atoms with Gasteiger partial charge in [-0.3, -0.25) is 0 Å². The van der Waals surface area contributed by atoms with E-state index in [2.05, 4.69) is 15.6 Å². The Morgan fingerprint density at radius 3 is 2.37 bits per heavy atom. The number of alkyl carbamates (subject to hydrolysis) is 1. The molecule has 2 aromatic carbocycles. The number of nitrogens with one attached hydrogen (secondary N) is 2. The van der Waals surface area contributed by atoms with Gasteiger partial charge in [0.05, 0.1) is 19.9 Å². The number of aromatic nitrogens is 1. The van der Waals surface area contributed by atoms with Crippen LogP contribution in [0.1, 0.15) is 16.1 Å². The molecule has 0 aliphatic carbocycles. The van der Waals surface area contributed by atoms with Crippen LogP contribution in [0.2, 0.25) is 0 Å². The van der Waals surface area contributed by atoms with E-state index in [4.69, 9.17) is 9.47 Å². The molecule has 30 heavy (non-hydrogen) atoms. The summed E-state index contributed by atoms with van der Waals surface area (Å²) in [4.78, 5) is 28.3. The molecule has 0 saturated carbocycles. The fraction of sp³-hybridized carbons (Fsp3) is 0.227. The molecule has 7 nitrogen and oxygen atoms in total. The second-order valence-electron chi connectivity index (χ2n) is 6.44. The van der Waals surface area contributed by atoms with Crippen LogP contribution in [0.3, 0.4) is 0 Å². The lowest BCUT2D eigenvalue weighted by Crippen LogP contribution is -2.32. The summed E-state index contributed by atoms with van der Waals surface area (Å²) in [5.41, 5.74) is 1.94. The molecule has 0 spiro atoms. The predicted molar refractivity (Wildman–Crippen MR) is 115 cm³/mol. The molecule has 8 heteroatoms. The molecule has 3 rings (SSSR count). The monoisotopic (exact) mass is 425 g/mol. The molecule has 1 aromatic heterocycles. The lowest BCUT2D eigenvalue weighted by Gasteiger charge is -2.16. The number of hydrogen-bond donors (Lipinski definition) is 2. The molecule has 0 fully saturated rings. The molecule has 3 aromatic rings. The fourth-order valence-electron chi connectivity index (χ4n) is 2.74. The number of rotatable bonds is 9. The van der Waals surface area contributed by atoms with Crippen molar-refractivity contribution in [1.29, 1.82) is 0 Å². The van der Waals surface area contributed by atoms with Gasteiger partial charge in [-0.25, -0.2) is 14.6 Å². The first-order chi connectivity index (χ1) is 14.6. The van der Waals surface area contributed by atoms with Gasteiger partial charge in [-0.05, 0) is 11.1 Å². The predicted octanol–water partition coefficient (Wildman–Crippen LogP) is 3.77. The molecule has 0 aliphatic rings. The summed E-state index contributed by atoms with van der Waals surface area (Å²) in [5.74, 6) is -0.351. The molecule has 0 saturated heterocycles. The first-order valence-corrected chi connectivity index (χ1v) is 10.2. The minimum atomic E-state index is -0.533. The van der Waals surface area contributed by atoms with E-state index in [9.17, 15) is 9.59 Å². The van der Waals surface area contributed by atoms with E-state index in [1.807, 2.05) is 60.7 Å². The fourth-order valence-corrected chi connectivity index (χ4v) is 3.55. The molecule has 1 atom stereocenters. The summed E-state index contributed by atoms with van der Waals surface area (Å²) in [7, 11) is 1.37. The number of methoxy groups -OCH3 is 1. The van der Waals surface area contributed by atoms with Crippen molar-refractivity contribution in [3.8, 4) is 0 Å². The SMILES string of the molecule is COC(=O)C(Cc1ccccc1)Nc1cnc(CNC(=O)OCc2ccccc2)s1. The van der Waals surface area contributed by atoms with Crippen molar-refractivity contribution in [2.45, 2.75) is 25.6 Å². The standard InChI is InChI=1S/C22H23N3O4S/c1-28-21(26)18(12-16-8-4-2-5-9-16)25-20-14-23-19(30-20)13-24-22(27)29-15-17-10-6-3-7-11-17/h2-11,14,18,25H,12-13,15H2,1H3,(H,24,27). The summed E-state index contributed by atoms with van der Waals surface area (Å²) in [6.07, 6.45) is 1.61. The van der Waals surface area contributed by atoms with Crippen molar-refractivity contribution in [3.63, 3.8) is 0 Å². The molecule has 1 heterocycles. The molecular formula is C22H23N3O4S. The van der Waals surface area contributed by atoms with Crippen molar-refractivity contribution < 1.29 is 19.1 Å². The highest BCUT2D eigenvalue weighted by Gasteiger charge is 2.20. The Hall–Kier alpha value is -3.39. The van der Waals surface area contributed by atoms with E-state index in [1.165, 1.54) is 18.4 Å². The second-order valence-corrected chi connectivity index (χ2v) is 7.56. The zero-order valence-electron chi connectivity index (χ0n) is 16.5. The maximum Gasteiger partial charge on any atom is 0.407 e. The summed E-state index contributed by atoms with van der Waals surface area (Å²) < 4.78 is 10.1. The summed E-state index contributed by atoms with van der Waals surface area (Å²) in [5, 5.41) is 7.26. The average Bonchev–Trinajstić information content (AvgIpc) is 3.24. The highest BCUT2D eigenvalue weighted by atomic mass is 32.1. The normalized spacial score (nSPS) is 11.4. The van der Waals surface area contributed by atoms with Crippen LogP contribution in [0.15, 0.2) is 66.9 Å². The third-order valence-electron chi connectivity index (χ3n) is 4.24.